The molecule has 1 aliphatic heterocycles. The Labute approximate surface area is 136 Å². The van der Waals surface area contributed by atoms with E-state index >= 15 is 0 Å². The number of likely N-dealkylation sites (tertiary alicyclic amines) is 1. The highest BCUT2D eigenvalue weighted by atomic mass is 32.1. The number of hydrogen-bond donors (Lipinski definition) is 1. The summed E-state index contributed by atoms with van der Waals surface area (Å²) < 4.78 is 0. The number of aryl methyl sites for hydroxylation is 1. The first-order valence-corrected chi connectivity index (χ1v) is 8.81. The van der Waals surface area contributed by atoms with Crippen LogP contribution in [0.25, 0.3) is 0 Å². The lowest BCUT2D eigenvalue weighted by molar-refractivity contribution is -0.144. The molecule has 1 N–H and O–H groups in total. The fourth-order valence-corrected chi connectivity index (χ4v) is 3.61. The van der Waals surface area contributed by atoms with Crippen LogP contribution in [0.15, 0.2) is 12.1 Å². The van der Waals surface area contributed by atoms with Gasteiger partial charge in [-0.05, 0) is 31.4 Å². The van der Waals surface area contributed by atoms with Crippen molar-refractivity contribution in [3.05, 3.63) is 21.9 Å². The number of nitrogens with zero attached hydrogens (tertiary/aromatic N) is 1. The molecule has 4 nitrogen and oxygen atoms in total. The number of thiophene rings is 1. The van der Waals surface area contributed by atoms with Gasteiger partial charge in [-0.1, -0.05) is 27.7 Å². The van der Waals surface area contributed by atoms with Crippen molar-refractivity contribution in [2.45, 2.75) is 59.5 Å². The van der Waals surface area contributed by atoms with Crippen molar-refractivity contribution in [3.8, 4) is 0 Å². The van der Waals surface area contributed by atoms with E-state index in [-0.39, 0.29) is 17.9 Å². The number of rotatable bonds is 4. The Kier molecular flexibility index (Phi) is 5.27. The van der Waals surface area contributed by atoms with E-state index in [1.807, 2.05) is 20.8 Å². The molecule has 1 aromatic heterocycles. The maximum absolute atomic E-state index is 12.4. The van der Waals surface area contributed by atoms with Gasteiger partial charge in [-0.3, -0.25) is 9.59 Å². The van der Waals surface area contributed by atoms with E-state index in [1.165, 1.54) is 4.88 Å². The van der Waals surface area contributed by atoms with Crippen molar-refractivity contribution in [1.82, 2.24) is 10.2 Å². The highest BCUT2D eigenvalue weighted by Crippen LogP contribution is 2.25. The quantitative estimate of drug-likeness (QED) is 0.926. The number of hydrogen-bond acceptors (Lipinski definition) is 3. The van der Waals surface area contributed by atoms with Crippen LogP contribution >= 0.6 is 11.3 Å². The Bertz CT molecular complexity index is 545. The predicted molar refractivity (Wildman–Crippen MR) is 89.7 cm³/mol. The molecular weight excluding hydrogens is 296 g/mol. The van der Waals surface area contributed by atoms with Gasteiger partial charge in [0.2, 0.25) is 11.8 Å². The van der Waals surface area contributed by atoms with Crippen LogP contribution in [-0.2, 0) is 22.6 Å². The molecule has 0 spiro atoms. The molecule has 0 bridgehead atoms. The van der Waals surface area contributed by atoms with Crippen molar-refractivity contribution in [1.29, 1.82) is 0 Å². The Balaban J connectivity index is 1.95. The van der Waals surface area contributed by atoms with Gasteiger partial charge in [0, 0.05) is 21.7 Å². The van der Waals surface area contributed by atoms with Gasteiger partial charge in [-0.25, -0.2) is 0 Å². The highest BCUT2D eigenvalue weighted by molar-refractivity contribution is 7.11. The Morgan fingerprint density at radius 3 is 2.59 bits per heavy atom. The minimum atomic E-state index is -0.438. The van der Waals surface area contributed by atoms with Gasteiger partial charge in [-0.2, -0.15) is 0 Å². The number of carbonyl (C=O) groups is 2. The molecular formula is C17H26N2O2S. The van der Waals surface area contributed by atoms with Crippen LogP contribution < -0.4 is 5.32 Å². The molecule has 1 atom stereocenters. The minimum absolute atomic E-state index is 0.0263. The van der Waals surface area contributed by atoms with E-state index in [0.717, 1.165) is 24.1 Å². The predicted octanol–water partition coefficient (Wildman–Crippen LogP) is 2.96. The molecule has 0 saturated carbocycles. The second kappa shape index (κ2) is 6.82. The first kappa shape index (κ1) is 17.0. The van der Waals surface area contributed by atoms with Gasteiger partial charge in [0.05, 0.1) is 6.54 Å². The van der Waals surface area contributed by atoms with Gasteiger partial charge in [0.25, 0.3) is 0 Å². The van der Waals surface area contributed by atoms with Crippen LogP contribution in [0.1, 0.15) is 50.3 Å². The van der Waals surface area contributed by atoms with E-state index in [4.69, 9.17) is 0 Å². The van der Waals surface area contributed by atoms with Crippen molar-refractivity contribution in [3.63, 3.8) is 0 Å². The molecule has 0 radical (unpaired) electrons. The topological polar surface area (TPSA) is 49.4 Å². The monoisotopic (exact) mass is 322 g/mol. The van der Waals surface area contributed by atoms with Crippen LogP contribution in [-0.4, -0.2) is 29.3 Å². The molecule has 122 valence electrons. The molecule has 22 heavy (non-hydrogen) atoms. The summed E-state index contributed by atoms with van der Waals surface area (Å²) in [5.74, 6) is 0.0380. The summed E-state index contributed by atoms with van der Waals surface area (Å²) in [6, 6.07) is 3.87. The molecule has 0 aliphatic carbocycles. The SMILES string of the molecule is CCc1ccc(CNC(=O)[C@@H]2CCCN2C(=O)C(C)(C)C)s1. The van der Waals surface area contributed by atoms with Crippen LogP contribution in [0, 0.1) is 5.41 Å². The zero-order valence-electron chi connectivity index (χ0n) is 13.9. The van der Waals surface area contributed by atoms with E-state index in [2.05, 4.69) is 24.4 Å². The smallest absolute Gasteiger partial charge is 0.243 e. The molecule has 1 saturated heterocycles. The maximum atomic E-state index is 12.4. The molecule has 2 rings (SSSR count). The summed E-state index contributed by atoms with van der Waals surface area (Å²) in [6.07, 6.45) is 2.69. The van der Waals surface area contributed by atoms with Crippen molar-refractivity contribution < 1.29 is 9.59 Å². The number of nitrogens with one attached hydrogen (secondary N) is 1. The van der Waals surface area contributed by atoms with Crippen LogP contribution in [0.4, 0.5) is 0 Å². The molecule has 2 amide bonds. The number of carbonyl (C=O) groups excluding carboxylic acids is 2. The average molecular weight is 322 g/mol. The first-order valence-electron chi connectivity index (χ1n) is 7.99. The second-order valence-electron chi connectivity index (χ2n) is 6.85. The molecule has 0 unspecified atom stereocenters. The molecule has 1 aromatic rings. The average Bonchev–Trinajstić information content (AvgIpc) is 3.11. The van der Waals surface area contributed by atoms with Crippen molar-refractivity contribution in [2.75, 3.05) is 6.54 Å². The lowest BCUT2D eigenvalue weighted by atomic mass is 9.94. The summed E-state index contributed by atoms with van der Waals surface area (Å²) in [6.45, 7) is 9.08. The normalized spacial score (nSPS) is 18.5. The van der Waals surface area contributed by atoms with E-state index in [1.54, 1.807) is 16.2 Å². The molecule has 0 aromatic carbocycles. The van der Waals surface area contributed by atoms with Crippen molar-refractivity contribution in [2.24, 2.45) is 5.41 Å². The molecule has 2 heterocycles. The highest BCUT2D eigenvalue weighted by Gasteiger charge is 2.38. The Morgan fingerprint density at radius 2 is 2.00 bits per heavy atom. The van der Waals surface area contributed by atoms with E-state index < -0.39 is 5.41 Å². The summed E-state index contributed by atoms with van der Waals surface area (Å²) >= 11 is 1.73. The molecule has 5 heteroatoms. The van der Waals surface area contributed by atoms with Crippen LogP contribution in [0.3, 0.4) is 0 Å². The zero-order valence-corrected chi connectivity index (χ0v) is 14.8. The van der Waals surface area contributed by atoms with Gasteiger partial charge in [0.15, 0.2) is 0 Å². The van der Waals surface area contributed by atoms with Crippen LogP contribution in [0.2, 0.25) is 0 Å². The lowest BCUT2D eigenvalue weighted by Gasteiger charge is -2.30. The third-order valence-corrected chi connectivity index (χ3v) is 5.19. The van der Waals surface area contributed by atoms with Crippen molar-refractivity contribution >= 4 is 23.2 Å². The van der Waals surface area contributed by atoms with Crippen LogP contribution in [0.5, 0.6) is 0 Å². The maximum Gasteiger partial charge on any atom is 0.243 e. The third-order valence-electron chi connectivity index (χ3n) is 3.96. The summed E-state index contributed by atoms with van der Waals surface area (Å²) in [5, 5.41) is 2.99. The summed E-state index contributed by atoms with van der Waals surface area (Å²) in [4.78, 5) is 29.1. The van der Waals surface area contributed by atoms with E-state index in [0.29, 0.717) is 13.1 Å². The summed E-state index contributed by atoms with van der Waals surface area (Å²) in [5.41, 5.74) is -0.438. The lowest BCUT2D eigenvalue weighted by Crippen LogP contribution is -2.49. The third kappa shape index (κ3) is 3.88. The fourth-order valence-electron chi connectivity index (χ4n) is 2.71. The second-order valence-corrected chi connectivity index (χ2v) is 8.10. The van der Waals surface area contributed by atoms with Gasteiger partial charge < -0.3 is 10.2 Å². The Morgan fingerprint density at radius 1 is 1.32 bits per heavy atom. The van der Waals surface area contributed by atoms with Gasteiger partial charge >= 0.3 is 0 Å². The standard InChI is InChI=1S/C17H26N2O2S/c1-5-12-8-9-13(22-12)11-18-15(20)14-7-6-10-19(14)16(21)17(2,3)4/h8-9,14H,5-7,10-11H2,1-4H3,(H,18,20)/t14-/m0/s1. The first-order chi connectivity index (χ1) is 10.3. The zero-order chi connectivity index (χ0) is 16.3. The fraction of sp³-hybridized carbons (Fsp3) is 0.647. The van der Waals surface area contributed by atoms with Gasteiger partial charge in [-0.15, -0.1) is 11.3 Å². The molecule has 1 fully saturated rings. The Hall–Kier alpha value is -1.36. The minimum Gasteiger partial charge on any atom is -0.349 e. The number of amides is 2. The molecule has 1 aliphatic rings. The van der Waals surface area contributed by atoms with Gasteiger partial charge in [0.1, 0.15) is 6.04 Å². The summed E-state index contributed by atoms with van der Waals surface area (Å²) in [7, 11) is 0. The largest absolute Gasteiger partial charge is 0.349 e. The van der Waals surface area contributed by atoms with E-state index in [9.17, 15) is 9.59 Å².